The van der Waals surface area contributed by atoms with Gasteiger partial charge in [0.15, 0.2) is 0 Å². The number of anilines is 1. The van der Waals surface area contributed by atoms with Crippen LogP contribution in [0.4, 0.5) is 5.69 Å². The minimum atomic E-state index is -3.84. The van der Waals surface area contributed by atoms with Crippen molar-refractivity contribution in [2.24, 2.45) is 0 Å². The summed E-state index contributed by atoms with van der Waals surface area (Å²) in [6, 6.07) is 10.1. The Balaban J connectivity index is 2.08. The van der Waals surface area contributed by atoms with Gasteiger partial charge in [-0.25, -0.2) is 13.2 Å². The molecule has 2 aromatic carbocycles. The molecule has 132 valence electrons. The van der Waals surface area contributed by atoms with Crippen molar-refractivity contribution in [2.75, 3.05) is 11.8 Å². The number of halogens is 1. The average Bonchev–Trinajstić information content (AvgIpc) is 2.61. The number of nitrogens with one attached hydrogen (secondary N) is 1. The molecule has 0 aromatic heterocycles. The highest BCUT2D eigenvalue weighted by atomic mass is 79.9. The van der Waals surface area contributed by atoms with Crippen LogP contribution in [0.5, 0.6) is 0 Å². The lowest BCUT2D eigenvalue weighted by Crippen LogP contribution is -2.19. The molecular formula is C18H18BrNO4S. The third-order valence-corrected chi connectivity index (χ3v) is 6.67. The van der Waals surface area contributed by atoms with Crippen LogP contribution in [0, 0.1) is 0 Å². The molecule has 0 saturated heterocycles. The van der Waals surface area contributed by atoms with Crippen LogP contribution in [0.25, 0.3) is 0 Å². The third kappa shape index (κ3) is 3.57. The van der Waals surface area contributed by atoms with Crippen molar-refractivity contribution in [3.05, 3.63) is 57.6 Å². The molecule has 0 amide bonds. The summed E-state index contributed by atoms with van der Waals surface area (Å²) < 4.78 is 33.4. The van der Waals surface area contributed by atoms with E-state index < -0.39 is 16.0 Å². The Kier molecular flexibility index (Phi) is 5.15. The molecule has 0 atom stereocenters. The van der Waals surface area contributed by atoms with Crippen LogP contribution in [-0.2, 0) is 27.6 Å². The molecule has 5 nitrogen and oxygen atoms in total. The average molecular weight is 424 g/mol. The number of benzene rings is 2. The molecule has 1 aliphatic carbocycles. The minimum Gasteiger partial charge on any atom is -0.465 e. The van der Waals surface area contributed by atoms with Gasteiger partial charge in [-0.05, 0) is 70.9 Å². The summed E-state index contributed by atoms with van der Waals surface area (Å²) >= 11 is 3.26. The zero-order valence-corrected chi connectivity index (χ0v) is 16.1. The Hall–Kier alpha value is -1.86. The molecule has 0 aliphatic heterocycles. The van der Waals surface area contributed by atoms with Gasteiger partial charge in [-0.15, -0.1) is 0 Å². The topological polar surface area (TPSA) is 72.5 Å². The van der Waals surface area contributed by atoms with Crippen LogP contribution in [0.3, 0.4) is 0 Å². The number of rotatable bonds is 4. The number of esters is 1. The molecule has 1 aliphatic rings. The molecule has 1 N–H and O–H groups in total. The van der Waals surface area contributed by atoms with Gasteiger partial charge in [0.05, 0.1) is 18.4 Å². The predicted molar refractivity (Wildman–Crippen MR) is 99.4 cm³/mol. The number of fused-ring (bicyclic) bond motifs is 1. The molecule has 7 heteroatoms. The van der Waals surface area contributed by atoms with Crippen molar-refractivity contribution >= 4 is 37.6 Å². The quantitative estimate of drug-likeness (QED) is 0.756. The van der Waals surface area contributed by atoms with Gasteiger partial charge in [-0.3, -0.25) is 4.72 Å². The maximum absolute atomic E-state index is 12.8. The fourth-order valence-corrected chi connectivity index (χ4v) is 5.19. The summed E-state index contributed by atoms with van der Waals surface area (Å²) in [4.78, 5) is 12.4. The van der Waals surface area contributed by atoms with Crippen molar-refractivity contribution < 1.29 is 17.9 Å². The molecule has 0 fully saturated rings. The number of carbonyl (C=O) groups is 1. The van der Waals surface area contributed by atoms with Crippen molar-refractivity contribution in [1.82, 2.24) is 0 Å². The van der Waals surface area contributed by atoms with Crippen LogP contribution < -0.4 is 4.72 Å². The lowest BCUT2D eigenvalue weighted by atomic mass is 9.87. The van der Waals surface area contributed by atoms with Crippen LogP contribution in [-0.4, -0.2) is 21.5 Å². The first-order valence-corrected chi connectivity index (χ1v) is 10.2. The zero-order valence-electron chi connectivity index (χ0n) is 13.7. The van der Waals surface area contributed by atoms with Gasteiger partial charge in [0.2, 0.25) is 0 Å². The number of hydrogen-bond donors (Lipinski definition) is 1. The van der Waals surface area contributed by atoms with E-state index in [-0.39, 0.29) is 10.6 Å². The second-order valence-corrected chi connectivity index (χ2v) is 8.37. The molecule has 0 unspecified atom stereocenters. The third-order valence-electron chi connectivity index (χ3n) is 4.29. The van der Waals surface area contributed by atoms with Crippen molar-refractivity contribution in [2.45, 2.75) is 30.6 Å². The van der Waals surface area contributed by atoms with Crippen LogP contribution >= 0.6 is 15.9 Å². The molecule has 0 saturated carbocycles. The Bertz CT molecular complexity index is 925. The van der Waals surface area contributed by atoms with Gasteiger partial charge in [0.1, 0.15) is 4.90 Å². The summed E-state index contributed by atoms with van der Waals surface area (Å²) in [6.07, 6.45) is 3.66. The molecule has 2 aromatic rings. The molecule has 0 bridgehead atoms. The van der Waals surface area contributed by atoms with Gasteiger partial charge in [0.25, 0.3) is 10.0 Å². The van der Waals surface area contributed by atoms with Gasteiger partial charge in [-0.2, -0.15) is 0 Å². The second-order valence-electron chi connectivity index (χ2n) is 5.86. The Morgan fingerprint density at radius 2 is 1.84 bits per heavy atom. The number of hydrogen-bond acceptors (Lipinski definition) is 4. The summed E-state index contributed by atoms with van der Waals surface area (Å²) in [5, 5.41) is 0. The number of ether oxygens (including phenoxy) is 1. The van der Waals surface area contributed by atoms with E-state index in [1.807, 2.05) is 6.07 Å². The maximum atomic E-state index is 12.8. The first-order valence-electron chi connectivity index (χ1n) is 7.94. The summed E-state index contributed by atoms with van der Waals surface area (Å²) in [7, 11) is -2.54. The highest BCUT2D eigenvalue weighted by Gasteiger charge is 2.26. The number of carbonyl (C=O) groups excluding carboxylic acids is 1. The van der Waals surface area contributed by atoms with Crippen molar-refractivity contribution in [3.63, 3.8) is 0 Å². The highest BCUT2D eigenvalue weighted by Crippen LogP contribution is 2.32. The van der Waals surface area contributed by atoms with Crippen molar-refractivity contribution in [3.8, 4) is 0 Å². The normalized spacial score (nSPS) is 13.8. The number of methoxy groups -OCH3 is 1. The first kappa shape index (κ1) is 17.9. The van der Waals surface area contributed by atoms with E-state index in [0.29, 0.717) is 10.0 Å². The summed E-state index contributed by atoms with van der Waals surface area (Å²) in [5.74, 6) is -0.524. The van der Waals surface area contributed by atoms with Crippen LogP contribution in [0.2, 0.25) is 0 Å². The van der Waals surface area contributed by atoms with E-state index >= 15 is 0 Å². The van der Waals surface area contributed by atoms with Gasteiger partial charge < -0.3 is 4.74 Å². The molecule has 0 heterocycles. The Morgan fingerprint density at radius 1 is 1.12 bits per heavy atom. The van der Waals surface area contributed by atoms with E-state index in [9.17, 15) is 13.2 Å². The SMILES string of the molecule is COC(=O)c1c(NS(=O)(=O)c2ccccc2Br)ccc2c1CCCC2. The standard InChI is InChI=1S/C18H18BrNO4S/c1-24-18(21)17-13-7-3-2-6-12(13)10-11-15(17)20-25(22,23)16-9-5-4-8-14(16)19/h4-5,8-11,20H,2-3,6-7H2,1H3. The number of sulfonamides is 1. The lowest BCUT2D eigenvalue weighted by molar-refractivity contribution is 0.0600. The first-order chi connectivity index (χ1) is 11.9. The number of aryl methyl sites for hydroxylation is 1. The van der Waals surface area contributed by atoms with Crippen molar-refractivity contribution in [1.29, 1.82) is 0 Å². The van der Waals surface area contributed by atoms with Crippen LogP contribution in [0.1, 0.15) is 34.3 Å². The van der Waals surface area contributed by atoms with E-state index in [1.54, 1.807) is 24.3 Å². The van der Waals surface area contributed by atoms with E-state index in [1.165, 1.54) is 13.2 Å². The van der Waals surface area contributed by atoms with E-state index in [4.69, 9.17) is 4.74 Å². The molecule has 25 heavy (non-hydrogen) atoms. The minimum absolute atomic E-state index is 0.114. The van der Waals surface area contributed by atoms with Gasteiger partial charge in [-0.1, -0.05) is 18.2 Å². The second kappa shape index (κ2) is 7.17. The largest absolute Gasteiger partial charge is 0.465 e. The predicted octanol–water partition coefficient (Wildman–Crippen LogP) is 3.92. The Morgan fingerprint density at radius 3 is 2.56 bits per heavy atom. The smallest absolute Gasteiger partial charge is 0.340 e. The molecule has 3 rings (SSSR count). The molecule has 0 spiro atoms. The molecule has 0 radical (unpaired) electrons. The zero-order chi connectivity index (χ0) is 18.0. The summed E-state index contributed by atoms with van der Waals surface area (Å²) in [5.41, 5.74) is 2.53. The van der Waals surface area contributed by atoms with E-state index in [0.717, 1.165) is 36.8 Å². The van der Waals surface area contributed by atoms with E-state index in [2.05, 4.69) is 20.7 Å². The maximum Gasteiger partial charge on any atom is 0.340 e. The summed E-state index contributed by atoms with van der Waals surface area (Å²) in [6.45, 7) is 0. The van der Waals surface area contributed by atoms with Gasteiger partial charge in [0, 0.05) is 4.47 Å². The highest BCUT2D eigenvalue weighted by molar-refractivity contribution is 9.10. The lowest BCUT2D eigenvalue weighted by Gasteiger charge is -2.21. The van der Waals surface area contributed by atoms with Crippen LogP contribution in [0.15, 0.2) is 45.8 Å². The fourth-order valence-electron chi connectivity index (χ4n) is 3.11. The molecular weight excluding hydrogens is 406 g/mol. The fraction of sp³-hybridized carbons (Fsp3) is 0.278. The van der Waals surface area contributed by atoms with Gasteiger partial charge >= 0.3 is 5.97 Å². The monoisotopic (exact) mass is 423 g/mol. The Labute approximate surface area is 155 Å².